The van der Waals surface area contributed by atoms with Crippen LogP contribution in [0.15, 0.2) is 24.3 Å². The second kappa shape index (κ2) is 16.2. The van der Waals surface area contributed by atoms with E-state index in [1.165, 1.54) is 7.11 Å². The van der Waals surface area contributed by atoms with Gasteiger partial charge in [0.05, 0.1) is 13.7 Å². The third-order valence-electron chi connectivity index (χ3n) is 5.34. The standard InChI is InChI=1S/C25H38N4O7/c1-16(2)14-20(28-22(32)6-4-5-7-23(33)36-3)25(35)29-19(12-13-21(26)31)24(34)27-18-10-8-17(15-30)9-11-18/h8-11,16,19-20,30H,4-7,12-15H2,1-3H3,(H2,26,31)(H,27,34)(H,28,32)(H,29,35)/t19-,20-/m0/s1. The monoisotopic (exact) mass is 506 g/mol. The fourth-order valence-electron chi connectivity index (χ4n) is 3.38. The molecule has 0 aliphatic rings. The molecule has 0 radical (unpaired) electrons. The number of anilines is 1. The minimum atomic E-state index is -1.06. The molecule has 11 nitrogen and oxygen atoms in total. The number of rotatable bonds is 16. The van der Waals surface area contributed by atoms with Crippen molar-refractivity contribution in [1.82, 2.24) is 10.6 Å². The number of carbonyl (C=O) groups excluding carboxylic acids is 5. The highest BCUT2D eigenvalue weighted by molar-refractivity contribution is 5.98. The van der Waals surface area contributed by atoms with Crippen LogP contribution in [-0.4, -0.2) is 53.9 Å². The lowest BCUT2D eigenvalue weighted by Gasteiger charge is -2.24. The van der Waals surface area contributed by atoms with Gasteiger partial charge in [0.1, 0.15) is 12.1 Å². The first-order valence-corrected chi connectivity index (χ1v) is 12.0. The maximum absolute atomic E-state index is 13.1. The number of amides is 4. The van der Waals surface area contributed by atoms with E-state index < -0.39 is 29.8 Å². The van der Waals surface area contributed by atoms with Crippen LogP contribution in [-0.2, 0) is 35.3 Å². The lowest BCUT2D eigenvalue weighted by molar-refractivity contribution is -0.141. The largest absolute Gasteiger partial charge is 0.469 e. The van der Waals surface area contributed by atoms with E-state index in [-0.39, 0.29) is 50.1 Å². The molecular formula is C25H38N4O7. The molecule has 0 aromatic heterocycles. The van der Waals surface area contributed by atoms with E-state index in [9.17, 15) is 24.0 Å². The molecule has 0 heterocycles. The molecule has 1 aromatic carbocycles. The number of ether oxygens (including phenoxy) is 1. The highest BCUT2D eigenvalue weighted by Gasteiger charge is 2.27. The van der Waals surface area contributed by atoms with Crippen molar-refractivity contribution in [1.29, 1.82) is 0 Å². The fourth-order valence-corrected chi connectivity index (χ4v) is 3.38. The Hall–Kier alpha value is -3.47. The first kappa shape index (κ1) is 30.6. The third kappa shape index (κ3) is 12.3. The molecule has 0 bridgehead atoms. The van der Waals surface area contributed by atoms with Crippen molar-refractivity contribution in [3.63, 3.8) is 0 Å². The van der Waals surface area contributed by atoms with Crippen LogP contribution >= 0.6 is 0 Å². The minimum absolute atomic E-state index is 0.0164. The van der Waals surface area contributed by atoms with E-state index in [1.54, 1.807) is 24.3 Å². The van der Waals surface area contributed by atoms with E-state index in [2.05, 4.69) is 20.7 Å². The van der Waals surface area contributed by atoms with E-state index in [1.807, 2.05) is 13.8 Å². The minimum Gasteiger partial charge on any atom is -0.469 e. The molecule has 0 aliphatic heterocycles. The maximum atomic E-state index is 13.1. The molecule has 0 unspecified atom stereocenters. The van der Waals surface area contributed by atoms with Crippen molar-refractivity contribution in [3.05, 3.63) is 29.8 Å². The van der Waals surface area contributed by atoms with Crippen LogP contribution < -0.4 is 21.7 Å². The van der Waals surface area contributed by atoms with E-state index >= 15 is 0 Å². The fraction of sp³-hybridized carbons (Fsp3) is 0.560. The molecule has 0 saturated carbocycles. The van der Waals surface area contributed by atoms with E-state index in [0.29, 0.717) is 30.5 Å². The summed E-state index contributed by atoms with van der Waals surface area (Å²) in [6, 6.07) is 4.56. The van der Waals surface area contributed by atoms with Crippen LogP contribution in [0.5, 0.6) is 0 Å². The smallest absolute Gasteiger partial charge is 0.305 e. The molecule has 11 heteroatoms. The summed E-state index contributed by atoms with van der Waals surface area (Å²) in [6.45, 7) is 3.66. The van der Waals surface area contributed by atoms with Gasteiger partial charge in [-0.05, 0) is 49.3 Å². The summed E-state index contributed by atoms with van der Waals surface area (Å²) in [7, 11) is 1.30. The van der Waals surface area contributed by atoms with Crippen molar-refractivity contribution in [3.8, 4) is 0 Å². The topological polar surface area (TPSA) is 177 Å². The normalized spacial score (nSPS) is 12.4. The highest BCUT2D eigenvalue weighted by Crippen LogP contribution is 2.12. The van der Waals surface area contributed by atoms with Crippen molar-refractivity contribution in [2.45, 2.75) is 77.5 Å². The predicted molar refractivity (Wildman–Crippen MR) is 133 cm³/mol. The summed E-state index contributed by atoms with van der Waals surface area (Å²) in [6.07, 6.45) is 1.48. The number of hydrogen-bond donors (Lipinski definition) is 5. The van der Waals surface area contributed by atoms with E-state index in [4.69, 9.17) is 10.8 Å². The molecular weight excluding hydrogens is 468 g/mol. The van der Waals surface area contributed by atoms with Gasteiger partial charge in [-0.15, -0.1) is 0 Å². The number of nitrogens with one attached hydrogen (secondary N) is 3. The molecule has 6 N–H and O–H groups in total. The van der Waals surface area contributed by atoms with E-state index in [0.717, 1.165) is 0 Å². The molecule has 1 rings (SSSR count). The molecule has 36 heavy (non-hydrogen) atoms. The van der Waals surface area contributed by atoms with Crippen LogP contribution in [0, 0.1) is 5.92 Å². The van der Waals surface area contributed by atoms with Gasteiger partial charge in [0, 0.05) is 24.9 Å². The Morgan fingerprint density at radius 3 is 2.11 bits per heavy atom. The molecule has 0 fully saturated rings. The van der Waals surface area contributed by atoms with Crippen molar-refractivity contribution in [2.75, 3.05) is 12.4 Å². The quantitative estimate of drug-likeness (QED) is 0.165. The number of methoxy groups -OCH3 is 1. The number of carbonyl (C=O) groups is 5. The second-order valence-corrected chi connectivity index (χ2v) is 8.94. The molecule has 200 valence electrons. The first-order chi connectivity index (χ1) is 17.0. The number of unbranched alkanes of at least 4 members (excludes halogenated alkanes) is 1. The van der Waals surface area contributed by atoms with Crippen molar-refractivity contribution >= 4 is 35.3 Å². The Bertz CT molecular complexity index is 887. The number of hydrogen-bond acceptors (Lipinski definition) is 7. The maximum Gasteiger partial charge on any atom is 0.305 e. The van der Waals surface area contributed by atoms with Gasteiger partial charge < -0.3 is 31.5 Å². The number of aliphatic hydroxyl groups is 1. The third-order valence-corrected chi connectivity index (χ3v) is 5.34. The van der Waals surface area contributed by atoms with Gasteiger partial charge >= 0.3 is 5.97 Å². The number of esters is 1. The molecule has 0 saturated heterocycles. The zero-order chi connectivity index (χ0) is 27.1. The number of aliphatic hydroxyl groups excluding tert-OH is 1. The Morgan fingerprint density at radius 2 is 1.56 bits per heavy atom. The van der Waals surface area contributed by atoms with Crippen molar-refractivity contribution in [2.24, 2.45) is 11.7 Å². The zero-order valence-corrected chi connectivity index (χ0v) is 21.2. The van der Waals surface area contributed by atoms with Gasteiger partial charge in [-0.1, -0.05) is 26.0 Å². The Kier molecular flexibility index (Phi) is 13.8. The van der Waals surface area contributed by atoms with Crippen LogP contribution in [0.1, 0.15) is 64.4 Å². The lowest BCUT2D eigenvalue weighted by atomic mass is 10.0. The molecule has 1 aromatic rings. The van der Waals surface area contributed by atoms with Gasteiger partial charge in [0.15, 0.2) is 0 Å². The van der Waals surface area contributed by atoms with Crippen LogP contribution in [0.4, 0.5) is 5.69 Å². The van der Waals surface area contributed by atoms with Gasteiger partial charge in [-0.25, -0.2) is 0 Å². The molecule has 2 atom stereocenters. The van der Waals surface area contributed by atoms with Gasteiger partial charge in [0.2, 0.25) is 23.6 Å². The average molecular weight is 507 g/mol. The first-order valence-electron chi connectivity index (χ1n) is 12.0. The summed E-state index contributed by atoms with van der Waals surface area (Å²) in [5.41, 5.74) is 6.36. The summed E-state index contributed by atoms with van der Waals surface area (Å²) >= 11 is 0. The zero-order valence-electron chi connectivity index (χ0n) is 21.2. The molecule has 4 amide bonds. The van der Waals surface area contributed by atoms with Crippen LogP contribution in [0.25, 0.3) is 0 Å². The highest BCUT2D eigenvalue weighted by atomic mass is 16.5. The number of primary amides is 1. The Morgan fingerprint density at radius 1 is 0.917 bits per heavy atom. The second-order valence-electron chi connectivity index (χ2n) is 8.94. The molecule has 0 spiro atoms. The lowest BCUT2D eigenvalue weighted by Crippen LogP contribution is -2.53. The van der Waals surface area contributed by atoms with Gasteiger partial charge in [-0.2, -0.15) is 0 Å². The van der Waals surface area contributed by atoms with Crippen molar-refractivity contribution < 1.29 is 33.8 Å². The Balaban J connectivity index is 2.83. The van der Waals surface area contributed by atoms with Crippen LogP contribution in [0.3, 0.4) is 0 Å². The molecule has 0 aliphatic carbocycles. The predicted octanol–water partition coefficient (Wildman–Crippen LogP) is 1.13. The average Bonchev–Trinajstić information content (AvgIpc) is 2.83. The van der Waals surface area contributed by atoms with Crippen LogP contribution in [0.2, 0.25) is 0 Å². The Labute approximate surface area is 211 Å². The summed E-state index contributed by atoms with van der Waals surface area (Å²) in [5.74, 6) is -2.33. The summed E-state index contributed by atoms with van der Waals surface area (Å²) in [4.78, 5) is 60.9. The summed E-state index contributed by atoms with van der Waals surface area (Å²) in [5, 5.41) is 17.2. The SMILES string of the molecule is COC(=O)CCCCC(=O)N[C@@H](CC(C)C)C(=O)N[C@@H](CCC(N)=O)C(=O)Nc1ccc(CO)cc1. The number of nitrogens with two attached hydrogens (primary N) is 1. The summed E-state index contributed by atoms with van der Waals surface area (Å²) < 4.78 is 4.57. The van der Waals surface area contributed by atoms with Gasteiger partial charge in [0.25, 0.3) is 0 Å². The van der Waals surface area contributed by atoms with Gasteiger partial charge in [-0.3, -0.25) is 24.0 Å². The number of benzene rings is 1.